The van der Waals surface area contributed by atoms with E-state index in [-0.39, 0.29) is 0 Å². The molecule has 0 radical (unpaired) electrons. The van der Waals surface area contributed by atoms with Gasteiger partial charge >= 0.3 is 0 Å². The topological polar surface area (TPSA) is 130 Å². The highest BCUT2D eigenvalue weighted by Crippen LogP contribution is 2.07. The van der Waals surface area contributed by atoms with Crippen LogP contribution in [0.25, 0.3) is 0 Å². The van der Waals surface area contributed by atoms with E-state index in [1.807, 2.05) is 17.6 Å². The third-order valence-corrected chi connectivity index (χ3v) is 3.60. The number of carbonyl (C=O) groups excluding carboxylic acids is 2. The Morgan fingerprint density at radius 2 is 1.50 bits per heavy atom. The zero-order valence-electron chi connectivity index (χ0n) is 14.2. The molecule has 0 saturated heterocycles. The molecule has 2 aromatic carbocycles. The molecule has 0 saturated carbocycles. The number of carbonyl (C=O) groups is 2. The van der Waals surface area contributed by atoms with Crippen molar-refractivity contribution in [3.8, 4) is 11.8 Å². The predicted molar refractivity (Wildman–Crippen MR) is 98.5 cm³/mol. The largest absolute Gasteiger partial charge is 0.399 e. The van der Waals surface area contributed by atoms with Crippen LogP contribution < -0.4 is 22.3 Å². The van der Waals surface area contributed by atoms with Crippen molar-refractivity contribution < 1.29 is 14.7 Å². The van der Waals surface area contributed by atoms with E-state index >= 15 is 0 Å². The van der Waals surface area contributed by atoms with Crippen LogP contribution in [0.3, 0.4) is 0 Å². The zero-order chi connectivity index (χ0) is 19.1. The first-order valence-corrected chi connectivity index (χ1v) is 7.87. The second-order valence-electron chi connectivity index (χ2n) is 5.65. The Labute approximate surface area is 151 Å². The van der Waals surface area contributed by atoms with Crippen molar-refractivity contribution in [3.63, 3.8) is 0 Å². The summed E-state index contributed by atoms with van der Waals surface area (Å²) in [6.45, 7) is 1.38. The average Bonchev–Trinajstić information content (AvgIpc) is 2.65. The fraction of sp³-hybridized carbons (Fsp3) is 0.158. The normalized spacial score (nSPS) is 12.3. The minimum atomic E-state index is -1.14. The van der Waals surface area contributed by atoms with Crippen LogP contribution in [-0.2, 0) is 4.79 Å². The number of nitrogen functional groups attached to an aromatic ring is 1. The molecule has 2 rings (SSSR count). The van der Waals surface area contributed by atoms with Gasteiger partial charge in [-0.2, -0.15) is 0 Å². The molecule has 0 spiro atoms. The molecule has 0 aromatic heterocycles. The Kier molecular flexibility index (Phi) is 6.33. The Morgan fingerprint density at radius 1 is 1.00 bits per heavy atom. The van der Waals surface area contributed by atoms with E-state index in [1.54, 1.807) is 36.4 Å². The van der Waals surface area contributed by atoms with Gasteiger partial charge in [-0.15, -0.1) is 0 Å². The molecule has 134 valence electrons. The number of hydrazine groups is 1. The van der Waals surface area contributed by atoms with Crippen molar-refractivity contribution in [1.82, 2.24) is 10.7 Å². The van der Waals surface area contributed by atoms with Gasteiger partial charge in [-0.05, 0) is 55.5 Å². The van der Waals surface area contributed by atoms with Crippen molar-refractivity contribution in [1.29, 1.82) is 0 Å². The quantitative estimate of drug-likeness (QED) is 0.176. The number of aliphatic hydroxyl groups is 1. The fourth-order valence-electron chi connectivity index (χ4n) is 2.14. The van der Waals surface area contributed by atoms with Crippen molar-refractivity contribution in [2.75, 3.05) is 5.73 Å². The maximum atomic E-state index is 12.2. The van der Waals surface area contributed by atoms with Gasteiger partial charge in [0.25, 0.3) is 11.8 Å². The van der Waals surface area contributed by atoms with Gasteiger partial charge in [0.05, 0.1) is 6.10 Å². The SMILES string of the molecule is C[C@@H](O)[C@H](NC(=O)c1ccc(C#Cc2ccc(N)cc2)cc1)C(=O)NN. The lowest BCUT2D eigenvalue weighted by Gasteiger charge is -2.19. The van der Waals surface area contributed by atoms with Gasteiger partial charge in [0, 0.05) is 22.4 Å². The summed E-state index contributed by atoms with van der Waals surface area (Å²) in [7, 11) is 0. The molecule has 7 nitrogen and oxygen atoms in total. The molecule has 0 aliphatic carbocycles. The third-order valence-electron chi connectivity index (χ3n) is 3.60. The highest BCUT2D eigenvalue weighted by atomic mass is 16.3. The first kappa shape index (κ1) is 19.0. The number of hydrogen-bond donors (Lipinski definition) is 5. The Morgan fingerprint density at radius 3 is 1.96 bits per heavy atom. The second kappa shape index (κ2) is 8.67. The van der Waals surface area contributed by atoms with Crippen LogP contribution in [0.4, 0.5) is 5.69 Å². The third kappa shape index (κ3) is 5.08. The molecule has 0 heterocycles. The smallest absolute Gasteiger partial charge is 0.259 e. The number of anilines is 1. The minimum Gasteiger partial charge on any atom is -0.399 e. The number of amides is 2. The van der Waals surface area contributed by atoms with Gasteiger partial charge in [-0.25, -0.2) is 5.84 Å². The summed E-state index contributed by atoms with van der Waals surface area (Å²) in [6.07, 6.45) is -1.09. The van der Waals surface area contributed by atoms with Gasteiger partial charge in [0.15, 0.2) is 0 Å². The van der Waals surface area contributed by atoms with E-state index in [0.29, 0.717) is 11.3 Å². The van der Waals surface area contributed by atoms with Crippen LogP contribution in [0, 0.1) is 11.8 Å². The van der Waals surface area contributed by atoms with Crippen molar-refractivity contribution in [2.45, 2.75) is 19.1 Å². The van der Waals surface area contributed by atoms with Gasteiger partial charge in [-0.1, -0.05) is 11.8 Å². The number of benzene rings is 2. The van der Waals surface area contributed by atoms with E-state index < -0.39 is 24.0 Å². The molecule has 0 bridgehead atoms. The van der Waals surface area contributed by atoms with Crippen molar-refractivity contribution in [3.05, 3.63) is 65.2 Å². The van der Waals surface area contributed by atoms with E-state index in [2.05, 4.69) is 17.2 Å². The maximum absolute atomic E-state index is 12.2. The highest BCUT2D eigenvalue weighted by molar-refractivity contribution is 5.97. The lowest BCUT2D eigenvalue weighted by molar-refractivity contribution is -0.125. The van der Waals surface area contributed by atoms with Gasteiger partial charge in [-0.3, -0.25) is 15.0 Å². The first-order valence-electron chi connectivity index (χ1n) is 7.87. The number of aliphatic hydroxyl groups excluding tert-OH is 1. The summed E-state index contributed by atoms with van der Waals surface area (Å²) in [5.74, 6) is 9.86. The summed E-state index contributed by atoms with van der Waals surface area (Å²) >= 11 is 0. The number of nitrogens with two attached hydrogens (primary N) is 2. The maximum Gasteiger partial charge on any atom is 0.259 e. The number of hydrogen-bond acceptors (Lipinski definition) is 5. The summed E-state index contributed by atoms with van der Waals surface area (Å²) in [6, 6.07) is 12.6. The monoisotopic (exact) mass is 352 g/mol. The summed E-state index contributed by atoms with van der Waals surface area (Å²) in [5, 5.41) is 12.0. The minimum absolute atomic E-state index is 0.332. The Hall–Kier alpha value is -3.34. The lowest BCUT2D eigenvalue weighted by Crippen LogP contribution is -2.54. The fourth-order valence-corrected chi connectivity index (χ4v) is 2.14. The van der Waals surface area contributed by atoms with Crippen LogP contribution in [0.1, 0.15) is 28.4 Å². The zero-order valence-corrected chi connectivity index (χ0v) is 14.2. The molecule has 0 unspecified atom stereocenters. The average molecular weight is 352 g/mol. The summed E-state index contributed by atoms with van der Waals surface area (Å²) in [5.41, 5.74) is 10.1. The molecule has 0 aliphatic heterocycles. The van der Waals surface area contributed by atoms with Crippen LogP contribution in [0.15, 0.2) is 48.5 Å². The number of rotatable bonds is 4. The standard InChI is InChI=1S/C19H20N4O3/c1-12(24)17(19(26)23-21)22-18(25)15-8-4-13(5-9-15)2-3-14-6-10-16(20)11-7-14/h4-12,17,24H,20-21H2,1H3,(H,22,25)(H,23,26)/t12-,17+/m1/s1. The lowest BCUT2D eigenvalue weighted by atomic mass is 10.1. The first-order chi connectivity index (χ1) is 12.4. The summed E-state index contributed by atoms with van der Waals surface area (Å²) in [4.78, 5) is 23.8. The molecule has 26 heavy (non-hydrogen) atoms. The van der Waals surface area contributed by atoms with E-state index in [0.717, 1.165) is 11.1 Å². The Bertz CT molecular complexity index is 834. The van der Waals surface area contributed by atoms with Gasteiger partial charge in [0.2, 0.25) is 0 Å². The van der Waals surface area contributed by atoms with Gasteiger partial charge in [0.1, 0.15) is 6.04 Å². The molecule has 7 N–H and O–H groups in total. The molecule has 2 aromatic rings. The Balaban J connectivity index is 2.08. The highest BCUT2D eigenvalue weighted by Gasteiger charge is 2.25. The molecule has 2 atom stereocenters. The van der Waals surface area contributed by atoms with E-state index in [4.69, 9.17) is 11.6 Å². The van der Waals surface area contributed by atoms with Crippen molar-refractivity contribution in [2.24, 2.45) is 5.84 Å². The van der Waals surface area contributed by atoms with Gasteiger partial charge < -0.3 is 16.2 Å². The molecule has 2 amide bonds. The molecule has 7 heteroatoms. The second-order valence-corrected chi connectivity index (χ2v) is 5.65. The molecule has 0 aliphatic rings. The molecular weight excluding hydrogens is 332 g/mol. The van der Waals surface area contributed by atoms with Crippen LogP contribution in [-0.4, -0.2) is 29.1 Å². The molecule has 0 fully saturated rings. The van der Waals surface area contributed by atoms with Crippen LogP contribution in [0.2, 0.25) is 0 Å². The van der Waals surface area contributed by atoms with E-state index in [1.165, 1.54) is 6.92 Å². The predicted octanol–water partition coefficient (Wildman–Crippen LogP) is 0.138. The van der Waals surface area contributed by atoms with E-state index in [9.17, 15) is 14.7 Å². The summed E-state index contributed by atoms with van der Waals surface area (Å²) < 4.78 is 0. The van der Waals surface area contributed by atoms with Crippen LogP contribution >= 0.6 is 0 Å². The van der Waals surface area contributed by atoms with Crippen LogP contribution in [0.5, 0.6) is 0 Å². The molecular formula is C19H20N4O3. The van der Waals surface area contributed by atoms with Crippen molar-refractivity contribution >= 4 is 17.5 Å². The number of nitrogens with one attached hydrogen (secondary N) is 2.